The minimum Gasteiger partial charge on any atom is -0.497 e. The van der Waals surface area contributed by atoms with Crippen LogP contribution in [-0.4, -0.2) is 32.9 Å². The number of nitrogens with zero attached hydrogens (tertiary/aromatic N) is 4. The Kier molecular flexibility index (Phi) is 4.59. The van der Waals surface area contributed by atoms with Crippen LogP contribution in [0, 0.1) is 0 Å². The molecule has 140 valence electrons. The third-order valence-electron chi connectivity index (χ3n) is 4.10. The lowest BCUT2D eigenvalue weighted by Gasteiger charge is -2.09. The molecule has 0 spiro atoms. The van der Waals surface area contributed by atoms with E-state index in [0.717, 1.165) is 11.2 Å². The van der Waals surface area contributed by atoms with E-state index in [1.165, 1.54) is 0 Å². The Morgan fingerprint density at radius 3 is 2.57 bits per heavy atom. The van der Waals surface area contributed by atoms with Gasteiger partial charge in [-0.3, -0.25) is 9.67 Å². The van der Waals surface area contributed by atoms with Crippen molar-refractivity contribution in [3.8, 4) is 17.1 Å². The molecular weight excluding hydrogens is 356 g/mol. The SMILES string of the molecule is COc1cccc(NC(=O)Nc2ccc3ncc(-c4ccn(C)n4)nc3c2)c1. The molecule has 0 aliphatic carbocycles. The Hall–Kier alpha value is -3.94. The van der Waals surface area contributed by atoms with Crippen molar-refractivity contribution in [1.29, 1.82) is 0 Å². The van der Waals surface area contributed by atoms with E-state index >= 15 is 0 Å². The van der Waals surface area contributed by atoms with Crippen LogP contribution in [0.15, 0.2) is 60.9 Å². The fraction of sp³-hybridized carbons (Fsp3) is 0.100. The van der Waals surface area contributed by atoms with Gasteiger partial charge < -0.3 is 15.4 Å². The zero-order chi connectivity index (χ0) is 19.5. The first-order valence-corrected chi connectivity index (χ1v) is 8.59. The summed E-state index contributed by atoms with van der Waals surface area (Å²) in [6.45, 7) is 0. The predicted molar refractivity (Wildman–Crippen MR) is 107 cm³/mol. The van der Waals surface area contributed by atoms with Crippen LogP contribution in [0.4, 0.5) is 16.2 Å². The highest BCUT2D eigenvalue weighted by Gasteiger charge is 2.08. The van der Waals surface area contributed by atoms with Crippen molar-refractivity contribution in [2.45, 2.75) is 0 Å². The van der Waals surface area contributed by atoms with E-state index in [0.29, 0.717) is 28.3 Å². The van der Waals surface area contributed by atoms with Crippen LogP contribution >= 0.6 is 0 Å². The number of fused-ring (bicyclic) bond motifs is 1. The Labute approximate surface area is 161 Å². The molecule has 0 atom stereocenters. The van der Waals surface area contributed by atoms with E-state index in [9.17, 15) is 4.79 Å². The molecule has 2 aromatic carbocycles. The van der Waals surface area contributed by atoms with Gasteiger partial charge in [0, 0.05) is 30.7 Å². The Morgan fingerprint density at radius 2 is 1.82 bits per heavy atom. The maximum absolute atomic E-state index is 12.3. The summed E-state index contributed by atoms with van der Waals surface area (Å²) in [4.78, 5) is 21.3. The third-order valence-corrected chi connectivity index (χ3v) is 4.10. The molecule has 2 aromatic heterocycles. The maximum Gasteiger partial charge on any atom is 0.323 e. The average Bonchev–Trinajstić information content (AvgIpc) is 3.14. The van der Waals surface area contributed by atoms with Crippen molar-refractivity contribution < 1.29 is 9.53 Å². The number of hydrogen-bond donors (Lipinski definition) is 2. The number of aromatic nitrogens is 4. The largest absolute Gasteiger partial charge is 0.497 e. The van der Waals surface area contributed by atoms with Crippen LogP contribution < -0.4 is 15.4 Å². The second-order valence-corrected chi connectivity index (χ2v) is 6.14. The molecule has 4 rings (SSSR count). The van der Waals surface area contributed by atoms with Gasteiger partial charge in [0.2, 0.25) is 0 Å². The molecule has 0 unspecified atom stereocenters. The van der Waals surface area contributed by atoms with E-state index < -0.39 is 0 Å². The summed E-state index contributed by atoms with van der Waals surface area (Å²) in [5, 5.41) is 9.92. The number of methoxy groups -OCH3 is 1. The lowest BCUT2D eigenvalue weighted by atomic mass is 10.2. The van der Waals surface area contributed by atoms with Gasteiger partial charge in [-0.05, 0) is 36.4 Å². The summed E-state index contributed by atoms with van der Waals surface area (Å²) in [5.41, 5.74) is 4.06. The van der Waals surface area contributed by atoms with E-state index in [4.69, 9.17) is 4.74 Å². The molecule has 8 nitrogen and oxygen atoms in total. The molecule has 2 N–H and O–H groups in total. The lowest BCUT2D eigenvalue weighted by Crippen LogP contribution is -2.19. The van der Waals surface area contributed by atoms with Crippen molar-refractivity contribution in [3.05, 3.63) is 60.9 Å². The summed E-state index contributed by atoms with van der Waals surface area (Å²) in [5.74, 6) is 0.667. The molecule has 0 aliphatic rings. The smallest absolute Gasteiger partial charge is 0.323 e. The molecule has 0 bridgehead atoms. The zero-order valence-corrected chi connectivity index (χ0v) is 15.4. The predicted octanol–water partition coefficient (Wildman–Crippen LogP) is 3.68. The molecule has 2 amide bonds. The summed E-state index contributed by atoms with van der Waals surface area (Å²) in [7, 11) is 3.43. The molecule has 0 saturated heterocycles. The second kappa shape index (κ2) is 7.36. The van der Waals surface area contributed by atoms with Gasteiger partial charge in [-0.25, -0.2) is 9.78 Å². The summed E-state index contributed by atoms with van der Waals surface area (Å²) in [6, 6.07) is 14.0. The van der Waals surface area contributed by atoms with Gasteiger partial charge in [0.15, 0.2) is 0 Å². The quantitative estimate of drug-likeness (QED) is 0.568. The van der Waals surface area contributed by atoms with Gasteiger partial charge in [-0.2, -0.15) is 5.10 Å². The number of rotatable bonds is 4. The monoisotopic (exact) mass is 374 g/mol. The topological polar surface area (TPSA) is 94.0 Å². The van der Waals surface area contributed by atoms with Crippen LogP contribution in [0.25, 0.3) is 22.4 Å². The molecule has 8 heteroatoms. The van der Waals surface area contributed by atoms with Crippen molar-refractivity contribution in [2.24, 2.45) is 7.05 Å². The Bertz CT molecular complexity index is 1150. The molecule has 0 fully saturated rings. The number of ether oxygens (including phenoxy) is 1. The average molecular weight is 374 g/mol. The highest BCUT2D eigenvalue weighted by Crippen LogP contribution is 2.21. The van der Waals surface area contributed by atoms with Crippen LogP contribution in [-0.2, 0) is 7.05 Å². The molecule has 4 aromatic rings. The molecule has 28 heavy (non-hydrogen) atoms. The molecule has 0 saturated carbocycles. The van der Waals surface area contributed by atoms with Gasteiger partial charge in [0.25, 0.3) is 0 Å². The molecule has 0 aliphatic heterocycles. The fourth-order valence-corrected chi connectivity index (χ4v) is 2.76. The number of benzene rings is 2. The fourth-order valence-electron chi connectivity index (χ4n) is 2.76. The highest BCUT2D eigenvalue weighted by atomic mass is 16.5. The first kappa shape index (κ1) is 17.5. The van der Waals surface area contributed by atoms with E-state index in [-0.39, 0.29) is 6.03 Å². The minimum absolute atomic E-state index is 0.360. The normalized spacial score (nSPS) is 10.6. The number of anilines is 2. The van der Waals surface area contributed by atoms with Crippen LogP contribution in [0.1, 0.15) is 0 Å². The van der Waals surface area contributed by atoms with Gasteiger partial charge in [-0.15, -0.1) is 0 Å². The highest BCUT2D eigenvalue weighted by molar-refractivity contribution is 6.00. The standard InChI is InChI=1S/C20H18N6O2/c1-26-9-8-17(25-26)19-12-21-16-7-6-14(11-18(16)24-19)23-20(27)22-13-4-3-5-15(10-13)28-2/h3-12H,1-2H3,(H2,22,23,27). The van der Waals surface area contributed by atoms with Crippen molar-refractivity contribution in [1.82, 2.24) is 19.7 Å². The van der Waals surface area contributed by atoms with Gasteiger partial charge >= 0.3 is 6.03 Å². The maximum atomic E-state index is 12.3. The second-order valence-electron chi connectivity index (χ2n) is 6.14. The number of aryl methyl sites for hydroxylation is 1. The van der Waals surface area contributed by atoms with Gasteiger partial charge in [0.1, 0.15) is 17.1 Å². The Balaban J connectivity index is 1.54. The van der Waals surface area contributed by atoms with Crippen LogP contribution in [0.3, 0.4) is 0 Å². The zero-order valence-electron chi connectivity index (χ0n) is 15.4. The van der Waals surface area contributed by atoms with E-state index in [1.807, 2.05) is 31.4 Å². The first-order valence-electron chi connectivity index (χ1n) is 8.59. The molecule has 0 radical (unpaired) electrons. The van der Waals surface area contributed by atoms with Crippen molar-refractivity contribution >= 4 is 28.4 Å². The molecule has 2 heterocycles. The minimum atomic E-state index is -0.360. The summed E-state index contributed by atoms with van der Waals surface area (Å²) in [6.07, 6.45) is 3.54. The lowest BCUT2D eigenvalue weighted by molar-refractivity contribution is 0.262. The van der Waals surface area contributed by atoms with Crippen molar-refractivity contribution in [3.63, 3.8) is 0 Å². The van der Waals surface area contributed by atoms with Crippen LogP contribution in [0.5, 0.6) is 5.75 Å². The number of urea groups is 1. The number of hydrogen-bond acceptors (Lipinski definition) is 5. The molecular formula is C20H18N6O2. The number of nitrogens with one attached hydrogen (secondary N) is 2. The number of carbonyl (C=O) groups is 1. The first-order chi connectivity index (χ1) is 13.6. The number of amides is 2. The van der Waals surface area contributed by atoms with E-state index in [1.54, 1.807) is 48.3 Å². The van der Waals surface area contributed by atoms with Crippen LogP contribution in [0.2, 0.25) is 0 Å². The number of carbonyl (C=O) groups excluding carboxylic acids is 1. The third kappa shape index (κ3) is 3.75. The van der Waals surface area contributed by atoms with Crippen molar-refractivity contribution in [2.75, 3.05) is 17.7 Å². The summed E-state index contributed by atoms with van der Waals surface area (Å²) < 4.78 is 6.87. The van der Waals surface area contributed by atoms with Gasteiger partial charge in [0.05, 0.1) is 24.3 Å². The van der Waals surface area contributed by atoms with Gasteiger partial charge in [-0.1, -0.05) is 6.07 Å². The Morgan fingerprint density at radius 1 is 1.00 bits per heavy atom. The summed E-state index contributed by atoms with van der Waals surface area (Å²) >= 11 is 0. The van der Waals surface area contributed by atoms with E-state index in [2.05, 4.69) is 25.7 Å².